The molecule has 0 bridgehead atoms. The molecular formula is C49H29N5. The van der Waals surface area contributed by atoms with Crippen LogP contribution in [0.2, 0.25) is 0 Å². The molecule has 11 aromatic rings. The average molecular weight is 688 g/mol. The van der Waals surface area contributed by atoms with Crippen molar-refractivity contribution in [3.63, 3.8) is 0 Å². The molecule has 0 aliphatic carbocycles. The number of aromatic nitrogens is 5. The summed E-state index contributed by atoms with van der Waals surface area (Å²) in [5.41, 5.74) is 10.9. The molecule has 5 nitrogen and oxygen atoms in total. The van der Waals surface area contributed by atoms with E-state index >= 15 is 0 Å². The summed E-state index contributed by atoms with van der Waals surface area (Å²) >= 11 is 0. The Kier molecular flexibility index (Phi) is 6.79. The lowest BCUT2D eigenvalue weighted by atomic mass is 9.93. The molecule has 0 fully saturated rings. The van der Waals surface area contributed by atoms with Gasteiger partial charge in [-0.2, -0.15) is 0 Å². The number of hydrogen-bond donors (Lipinski definition) is 0. The van der Waals surface area contributed by atoms with Crippen LogP contribution in [-0.2, 0) is 0 Å². The van der Waals surface area contributed by atoms with E-state index < -0.39 is 0 Å². The smallest absolute Gasteiger partial charge is 0.0974 e. The largest absolute Gasteiger partial charge is 0.265 e. The van der Waals surface area contributed by atoms with E-state index in [-0.39, 0.29) is 0 Å². The molecule has 54 heavy (non-hydrogen) atoms. The Morgan fingerprint density at radius 2 is 0.778 bits per heavy atom. The first-order valence-corrected chi connectivity index (χ1v) is 18.1. The highest BCUT2D eigenvalue weighted by Gasteiger charge is 2.16. The summed E-state index contributed by atoms with van der Waals surface area (Å²) in [7, 11) is 0. The fourth-order valence-corrected chi connectivity index (χ4v) is 7.89. The van der Waals surface area contributed by atoms with E-state index in [2.05, 4.69) is 132 Å². The van der Waals surface area contributed by atoms with E-state index in [1.165, 1.54) is 32.3 Å². The minimum absolute atomic E-state index is 0.815. The molecule has 0 aliphatic heterocycles. The summed E-state index contributed by atoms with van der Waals surface area (Å²) in [5.74, 6) is 0. The van der Waals surface area contributed by atoms with Crippen LogP contribution in [0.1, 0.15) is 0 Å². The van der Waals surface area contributed by atoms with E-state index in [0.29, 0.717) is 0 Å². The van der Waals surface area contributed by atoms with Crippen LogP contribution in [0.5, 0.6) is 0 Å². The number of para-hydroxylation sites is 2. The zero-order chi connectivity index (χ0) is 35.6. The van der Waals surface area contributed by atoms with Gasteiger partial charge < -0.3 is 0 Å². The maximum absolute atomic E-state index is 5.31. The molecule has 5 heteroatoms. The monoisotopic (exact) mass is 687 g/mol. The third kappa shape index (κ3) is 4.90. The van der Waals surface area contributed by atoms with Gasteiger partial charge in [-0.15, -0.1) is 0 Å². The fourth-order valence-electron chi connectivity index (χ4n) is 7.89. The highest BCUT2D eigenvalue weighted by molar-refractivity contribution is 6.25. The lowest BCUT2D eigenvalue weighted by Crippen LogP contribution is -1.96. The van der Waals surface area contributed by atoms with Crippen molar-refractivity contribution in [2.45, 2.75) is 0 Å². The summed E-state index contributed by atoms with van der Waals surface area (Å²) in [5, 5.41) is 9.61. The standard InChI is InChI=1S/C49H29N5/c1-2-12-38-36(10-1)37-11-3-4-13-39(37)41-29-34(18-21-40(38)41)43-23-20-31-17-16-30-19-22-42(51-46(30)47(31)52-43)33-8-7-9-35(28-33)49-48(32-24-26-50-27-25-32)53-44-14-5-6-15-45(44)54-49/h1-29H. The molecule has 4 aromatic heterocycles. The zero-order valence-corrected chi connectivity index (χ0v) is 29.0. The first-order valence-electron chi connectivity index (χ1n) is 18.1. The number of benzene rings is 7. The SMILES string of the molecule is c1cc(-c2ccc3ccc4ccc(-c5ccc6c7ccccc7c7ccccc7c6c5)nc4c3n2)cc(-c2nc3ccccc3nc2-c2ccncc2)c1. The van der Waals surface area contributed by atoms with Crippen molar-refractivity contribution >= 4 is 65.2 Å². The van der Waals surface area contributed by atoms with E-state index in [9.17, 15) is 0 Å². The number of nitrogens with zero attached hydrogens (tertiary/aromatic N) is 5. The Balaban J connectivity index is 1.05. The highest BCUT2D eigenvalue weighted by Crippen LogP contribution is 2.38. The van der Waals surface area contributed by atoms with Crippen LogP contribution in [0.15, 0.2) is 176 Å². The summed E-state index contributed by atoms with van der Waals surface area (Å²) in [6.07, 6.45) is 3.58. The first kappa shape index (κ1) is 30.3. The molecule has 0 unspecified atom stereocenters. The minimum Gasteiger partial charge on any atom is -0.265 e. The van der Waals surface area contributed by atoms with E-state index in [1.807, 2.05) is 36.4 Å². The molecule has 4 heterocycles. The maximum Gasteiger partial charge on any atom is 0.0974 e. The van der Waals surface area contributed by atoms with Gasteiger partial charge in [-0.3, -0.25) is 4.98 Å². The molecule has 0 saturated carbocycles. The zero-order valence-electron chi connectivity index (χ0n) is 29.0. The topological polar surface area (TPSA) is 64.5 Å². The molecule has 0 spiro atoms. The molecule has 0 amide bonds. The van der Waals surface area contributed by atoms with Gasteiger partial charge in [0.05, 0.1) is 44.8 Å². The highest BCUT2D eigenvalue weighted by atomic mass is 14.8. The average Bonchev–Trinajstić information content (AvgIpc) is 3.26. The molecule has 0 N–H and O–H groups in total. The second-order valence-electron chi connectivity index (χ2n) is 13.7. The molecule has 0 atom stereocenters. The normalized spacial score (nSPS) is 11.7. The van der Waals surface area contributed by atoms with Crippen LogP contribution >= 0.6 is 0 Å². The summed E-state index contributed by atoms with van der Waals surface area (Å²) in [6.45, 7) is 0. The summed E-state index contributed by atoms with van der Waals surface area (Å²) in [6, 6.07) is 57.2. The van der Waals surface area contributed by atoms with Crippen molar-refractivity contribution in [1.29, 1.82) is 0 Å². The lowest BCUT2D eigenvalue weighted by Gasteiger charge is -2.13. The van der Waals surface area contributed by atoms with Gasteiger partial charge in [0.2, 0.25) is 0 Å². The third-order valence-electron chi connectivity index (χ3n) is 10.5. The Hall–Kier alpha value is -7.37. The van der Waals surface area contributed by atoms with Crippen molar-refractivity contribution in [1.82, 2.24) is 24.9 Å². The van der Waals surface area contributed by atoms with Gasteiger partial charge in [-0.05, 0) is 80.8 Å². The van der Waals surface area contributed by atoms with Gasteiger partial charge in [-0.1, -0.05) is 115 Å². The fraction of sp³-hybridized carbons (Fsp3) is 0. The van der Waals surface area contributed by atoms with Crippen LogP contribution in [0.3, 0.4) is 0 Å². The van der Waals surface area contributed by atoms with E-state index in [4.69, 9.17) is 19.9 Å². The Morgan fingerprint density at radius 3 is 1.39 bits per heavy atom. The summed E-state index contributed by atoms with van der Waals surface area (Å²) < 4.78 is 0. The molecule has 0 radical (unpaired) electrons. The van der Waals surface area contributed by atoms with Gasteiger partial charge in [0.15, 0.2) is 0 Å². The molecule has 250 valence electrons. The van der Waals surface area contributed by atoms with Gasteiger partial charge in [0.1, 0.15) is 0 Å². The Morgan fingerprint density at radius 1 is 0.296 bits per heavy atom. The molecule has 0 aliphatic rings. The number of hydrogen-bond acceptors (Lipinski definition) is 5. The number of rotatable bonds is 4. The number of pyridine rings is 3. The second-order valence-corrected chi connectivity index (χ2v) is 13.7. The van der Waals surface area contributed by atoms with E-state index in [0.717, 1.165) is 77.9 Å². The van der Waals surface area contributed by atoms with Crippen molar-refractivity contribution in [2.75, 3.05) is 0 Å². The van der Waals surface area contributed by atoms with Crippen LogP contribution in [0.25, 0.3) is 110 Å². The predicted octanol–water partition coefficient (Wildman–Crippen LogP) is 12.2. The van der Waals surface area contributed by atoms with Crippen LogP contribution < -0.4 is 0 Å². The lowest BCUT2D eigenvalue weighted by molar-refractivity contribution is 1.27. The van der Waals surface area contributed by atoms with E-state index in [1.54, 1.807) is 12.4 Å². The molecular weight excluding hydrogens is 659 g/mol. The van der Waals surface area contributed by atoms with Crippen LogP contribution in [-0.4, -0.2) is 24.9 Å². The van der Waals surface area contributed by atoms with Crippen molar-refractivity contribution in [3.05, 3.63) is 176 Å². The van der Waals surface area contributed by atoms with Gasteiger partial charge in [0, 0.05) is 45.4 Å². The second kappa shape index (κ2) is 12.1. The molecule has 0 saturated heterocycles. The van der Waals surface area contributed by atoms with Crippen molar-refractivity contribution < 1.29 is 0 Å². The van der Waals surface area contributed by atoms with Crippen LogP contribution in [0, 0.1) is 0 Å². The first-order chi connectivity index (χ1) is 26.7. The predicted molar refractivity (Wildman–Crippen MR) is 222 cm³/mol. The van der Waals surface area contributed by atoms with Crippen molar-refractivity contribution in [2.24, 2.45) is 0 Å². The molecule has 11 rings (SSSR count). The molecule has 7 aromatic carbocycles. The Bertz CT molecular complexity index is 3250. The van der Waals surface area contributed by atoms with Crippen molar-refractivity contribution in [3.8, 4) is 45.0 Å². The quantitative estimate of drug-likeness (QED) is 0.172. The van der Waals surface area contributed by atoms with Gasteiger partial charge >= 0.3 is 0 Å². The third-order valence-corrected chi connectivity index (χ3v) is 10.5. The van der Waals surface area contributed by atoms with Gasteiger partial charge in [0.25, 0.3) is 0 Å². The minimum atomic E-state index is 0.815. The van der Waals surface area contributed by atoms with Crippen LogP contribution in [0.4, 0.5) is 0 Å². The Labute approximate surface area is 310 Å². The van der Waals surface area contributed by atoms with Gasteiger partial charge in [-0.25, -0.2) is 19.9 Å². The summed E-state index contributed by atoms with van der Waals surface area (Å²) in [4.78, 5) is 25.0. The maximum atomic E-state index is 5.31. The number of fused-ring (bicyclic) bond motifs is 10.